The molecular formula is C19H19F5N4O5S. The highest BCUT2D eigenvalue weighted by atomic mass is 32.2. The van der Waals surface area contributed by atoms with Gasteiger partial charge in [0, 0.05) is 31.5 Å². The van der Waals surface area contributed by atoms with Crippen molar-refractivity contribution in [3.63, 3.8) is 0 Å². The lowest BCUT2D eigenvalue weighted by atomic mass is 9.99. The Morgan fingerprint density at radius 2 is 2.00 bits per heavy atom. The number of rotatable bonds is 6. The molecule has 1 aromatic heterocycles. The van der Waals surface area contributed by atoms with E-state index >= 15 is 0 Å². The van der Waals surface area contributed by atoms with Crippen molar-refractivity contribution < 1.29 is 46.0 Å². The lowest BCUT2D eigenvalue weighted by Crippen LogP contribution is -2.49. The first-order valence-corrected chi connectivity index (χ1v) is 10.9. The van der Waals surface area contributed by atoms with Crippen LogP contribution in [0.1, 0.15) is 7.79 Å². The second kappa shape index (κ2) is 8.96. The van der Waals surface area contributed by atoms with E-state index in [2.05, 4.69) is 10.3 Å². The van der Waals surface area contributed by atoms with Crippen molar-refractivity contribution in [1.29, 1.82) is 0 Å². The predicted octanol–water partition coefficient (Wildman–Crippen LogP) is 2.18. The van der Waals surface area contributed by atoms with Gasteiger partial charge in [-0.3, -0.25) is 4.79 Å². The highest BCUT2D eigenvalue weighted by molar-refractivity contribution is 7.89. The van der Waals surface area contributed by atoms with E-state index in [0.717, 1.165) is 38.6 Å². The number of alkyl halides is 3. The summed E-state index contributed by atoms with van der Waals surface area (Å²) in [4.78, 5) is 17.3. The highest BCUT2D eigenvalue weighted by Crippen LogP contribution is 2.47. The Morgan fingerprint density at radius 3 is 2.56 bits per heavy atom. The number of nitrogens with one attached hydrogen (secondary N) is 1. The van der Waals surface area contributed by atoms with Gasteiger partial charge in [0.1, 0.15) is 6.02 Å². The average molecular weight is 511 g/mol. The van der Waals surface area contributed by atoms with Crippen molar-refractivity contribution in [2.75, 3.05) is 31.0 Å². The molecule has 1 saturated heterocycles. The smallest absolute Gasteiger partial charge is 0.419 e. The molecule has 3 N–H and O–H groups in total. The summed E-state index contributed by atoms with van der Waals surface area (Å²) in [6, 6.07) is 0.602. The zero-order valence-corrected chi connectivity index (χ0v) is 18.4. The minimum absolute atomic E-state index is 0.250. The minimum Gasteiger partial charge on any atom is -0.491 e. The van der Waals surface area contributed by atoms with Crippen LogP contribution in [-0.4, -0.2) is 57.9 Å². The molecule has 9 nitrogen and oxygen atoms in total. The van der Waals surface area contributed by atoms with E-state index in [-0.39, 0.29) is 5.69 Å². The van der Waals surface area contributed by atoms with Gasteiger partial charge in [-0.15, -0.1) is 0 Å². The van der Waals surface area contributed by atoms with Crippen LogP contribution < -0.4 is 20.1 Å². The number of methoxy groups -OCH3 is 2. The number of hydrogen-bond donors (Lipinski definition) is 2. The fourth-order valence-electron chi connectivity index (χ4n) is 3.42. The first-order valence-electron chi connectivity index (χ1n) is 9.81. The van der Waals surface area contributed by atoms with E-state index in [4.69, 9.17) is 16.0 Å². The third-order valence-electron chi connectivity index (χ3n) is 5.17. The maximum atomic E-state index is 14.4. The topological polar surface area (TPSA) is 124 Å². The highest BCUT2D eigenvalue weighted by Gasteiger charge is 2.63. The maximum Gasteiger partial charge on any atom is 0.419 e. The summed E-state index contributed by atoms with van der Waals surface area (Å²) >= 11 is 0. The normalized spacial score (nSPS) is 23.5. The summed E-state index contributed by atoms with van der Waals surface area (Å²) < 4.78 is 112. The summed E-state index contributed by atoms with van der Waals surface area (Å²) in [5, 5.41) is 6.49. The van der Waals surface area contributed by atoms with Crippen LogP contribution >= 0.6 is 0 Å². The number of benzene rings is 1. The number of nitrogens with zero attached hydrogens (tertiary/aromatic N) is 2. The van der Waals surface area contributed by atoms with Gasteiger partial charge in [-0.2, -0.15) is 17.6 Å². The Bertz CT molecular complexity index is 1260. The maximum absolute atomic E-state index is 14.4. The number of primary sulfonamides is 1. The van der Waals surface area contributed by atoms with Gasteiger partial charge in [0.25, 0.3) is 10.0 Å². The van der Waals surface area contributed by atoms with Gasteiger partial charge in [0.05, 0.1) is 20.7 Å². The van der Waals surface area contributed by atoms with Crippen LogP contribution in [0.15, 0.2) is 35.5 Å². The largest absolute Gasteiger partial charge is 0.491 e. The van der Waals surface area contributed by atoms with E-state index in [1.807, 2.05) is 0 Å². The summed E-state index contributed by atoms with van der Waals surface area (Å²) in [7, 11) is -2.62. The molecule has 34 heavy (non-hydrogen) atoms. The molecule has 2 atom stereocenters. The Kier molecular flexibility index (Phi) is 6.35. The van der Waals surface area contributed by atoms with Crippen molar-refractivity contribution in [3.8, 4) is 5.75 Å². The van der Waals surface area contributed by atoms with Gasteiger partial charge in [-0.05, 0) is 18.2 Å². The van der Waals surface area contributed by atoms with Crippen molar-refractivity contribution >= 4 is 27.3 Å². The predicted molar refractivity (Wildman–Crippen MR) is 109 cm³/mol. The van der Waals surface area contributed by atoms with Crippen molar-refractivity contribution in [3.05, 3.63) is 42.1 Å². The minimum atomic E-state index is -5.08. The lowest BCUT2D eigenvalue weighted by molar-refractivity contribution is -0.261. The third kappa shape index (κ3) is 4.63. The monoisotopic (exact) mass is 511 g/mol. The standard InChI is InChI=1S/C19H19F5N4O5S/c1-32-16-12(4-3-11(20)15(16)21)28-9-18(33-2,19(22,23)24)8-13(28)17(29)27-10-5-6-26-14(7-10)34(25,30)31/h3-7,13H,8-9H2,1-2H3,(H2,25,30,31)(H,26,27,29)/t13-,18+/m0/s1/i13D. The average Bonchev–Trinajstić information content (AvgIpc) is 3.10. The molecule has 2 heterocycles. The van der Waals surface area contributed by atoms with Crippen molar-refractivity contribution in [2.45, 2.75) is 29.2 Å². The first kappa shape index (κ1) is 24.1. The lowest BCUT2D eigenvalue weighted by Gasteiger charge is -2.31. The molecule has 0 aliphatic carbocycles. The van der Waals surface area contributed by atoms with Crippen LogP contribution in [-0.2, 0) is 19.6 Å². The molecule has 1 aliphatic rings. The first-order chi connectivity index (χ1) is 16.1. The fraction of sp³-hybridized carbons (Fsp3) is 0.368. The van der Waals surface area contributed by atoms with E-state index in [9.17, 15) is 35.2 Å². The summed E-state index contributed by atoms with van der Waals surface area (Å²) in [6.07, 6.45) is -5.39. The number of carbonyl (C=O) groups is 1. The van der Waals surface area contributed by atoms with Crippen LogP contribution in [0.5, 0.6) is 5.75 Å². The van der Waals surface area contributed by atoms with Crippen molar-refractivity contribution in [1.82, 2.24) is 4.98 Å². The molecule has 0 bridgehead atoms. The van der Waals surface area contributed by atoms with Crippen molar-refractivity contribution in [2.24, 2.45) is 5.14 Å². The zero-order valence-electron chi connectivity index (χ0n) is 18.6. The Morgan fingerprint density at radius 1 is 1.32 bits per heavy atom. The Labute approximate surface area is 192 Å². The fourth-order valence-corrected chi connectivity index (χ4v) is 3.92. The second-order valence-corrected chi connectivity index (χ2v) is 8.71. The third-order valence-corrected chi connectivity index (χ3v) is 5.98. The van der Waals surface area contributed by atoms with Gasteiger partial charge in [0.2, 0.25) is 11.7 Å². The molecule has 15 heteroatoms. The van der Waals surface area contributed by atoms with Gasteiger partial charge in [-0.1, -0.05) is 0 Å². The van der Waals surface area contributed by atoms with Gasteiger partial charge < -0.3 is 19.7 Å². The Balaban J connectivity index is 2.14. The van der Waals surface area contributed by atoms with Gasteiger partial charge in [-0.25, -0.2) is 22.9 Å². The molecule has 0 saturated carbocycles. The zero-order chi connectivity index (χ0) is 26.4. The molecule has 0 radical (unpaired) electrons. The van der Waals surface area contributed by atoms with Crippen LogP contribution in [0.25, 0.3) is 0 Å². The summed E-state index contributed by atoms with van der Waals surface area (Å²) in [6.45, 7) is -1.15. The molecular weight excluding hydrogens is 491 g/mol. The number of nitrogens with two attached hydrogens (primary N) is 1. The van der Waals surface area contributed by atoms with E-state index < -0.39 is 74.8 Å². The van der Waals surface area contributed by atoms with Crippen LogP contribution in [0.3, 0.4) is 0 Å². The Hall–Kier alpha value is -3.04. The van der Waals surface area contributed by atoms with Crippen LogP contribution in [0, 0.1) is 11.6 Å². The number of halogens is 5. The SMILES string of the molecule is [2H][C@@]1(C(=O)Nc2ccnc(S(N)(=O)=O)c2)C[C@](OC)(C(F)(F)F)CN1c1ccc(F)c(F)c1OC. The molecule has 1 amide bonds. The van der Waals surface area contributed by atoms with E-state index in [0.29, 0.717) is 11.0 Å². The number of aromatic nitrogens is 1. The second-order valence-electron chi connectivity index (χ2n) is 7.20. The molecule has 3 rings (SSSR count). The summed E-state index contributed by atoms with van der Waals surface area (Å²) in [5.41, 5.74) is -3.81. The molecule has 1 fully saturated rings. The molecule has 2 aromatic rings. The van der Waals surface area contributed by atoms with Crippen LogP contribution in [0.2, 0.25) is 0 Å². The number of hydrogen-bond acceptors (Lipinski definition) is 7. The molecule has 1 aromatic carbocycles. The van der Waals surface area contributed by atoms with Gasteiger partial charge in [0.15, 0.2) is 22.2 Å². The number of carbonyl (C=O) groups excluding carboxylic acids is 1. The molecule has 0 unspecified atom stereocenters. The number of ether oxygens (including phenoxy) is 2. The number of amides is 1. The van der Waals surface area contributed by atoms with Crippen LogP contribution in [0.4, 0.5) is 33.3 Å². The molecule has 0 spiro atoms. The van der Waals surface area contributed by atoms with E-state index in [1.165, 1.54) is 0 Å². The molecule has 1 aliphatic heterocycles. The number of sulfonamides is 1. The number of anilines is 2. The van der Waals surface area contributed by atoms with Gasteiger partial charge >= 0.3 is 6.18 Å². The number of pyridine rings is 1. The summed E-state index contributed by atoms with van der Waals surface area (Å²) in [5.74, 6) is -5.10. The quantitative estimate of drug-likeness (QED) is 0.570. The van der Waals surface area contributed by atoms with E-state index in [1.54, 1.807) is 0 Å². The molecule has 186 valence electrons.